The number of carbonyl (C=O) groups excluding carboxylic acids is 2. The van der Waals surface area contributed by atoms with Crippen molar-refractivity contribution in [2.45, 2.75) is 58.5 Å². The number of hydrogen-bond donors (Lipinski definition) is 2. The van der Waals surface area contributed by atoms with Crippen LogP contribution in [-0.4, -0.2) is 43.5 Å². The predicted octanol–water partition coefficient (Wildman–Crippen LogP) is 4.68. The van der Waals surface area contributed by atoms with Crippen LogP contribution in [0.15, 0.2) is 53.6 Å². The lowest BCUT2D eigenvalue weighted by molar-refractivity contribution is 0.0917. The second-order valence-electron chi connectivity index (χ2n) is 10.3. The van der Waals surface area contributed by atoms with Crippen molar-refractivity contribution in [2.24, 2.45) is 5.92 Å². The predicted molar refractivity (Wildman–Crippen MR) is 155 cm³/mol. The lowest BCUT2D eigenvalue weighted by Gasteiger charge is -2.29. The van der Waals surface area contributed by atoms with Gasteiger partial charge in [0.05, 0.1) is 27.5 Å². The fraction of sp³-hybridized carbons (Fsp3) is 0.367. The molecule has 0 atom stereocenters. The van der Waals surface area contributed by atoms with Gasteiger partial charge < -0.3 is 10.6 Å². The molecule has 0 saturated heterocycles. The van der Waals surface area contributed by atoms with Crippen molar-refractivity contribution in [3.63, 3.8) is 0 Å². The third-order valence-electron chi connectivity index (χ3n) is 7.62. The molecule has 4 aromatic rings. The number of nitrogens with zero attached hydrogens (tertiary/aromatic N) is 4. The zero-order valence-electron chi connectivity index (χ0n) is 23.0. The Labute approximate surface area is 241 Å². The first-order chi connectivity index (χ1) is 19.8. The Morgan fingerprint density at radius 3 is 2.59 bits per heavy atom. The molecule has 0 bridgehead atoms. The second kappa shape index (κ2) is 12.2. The molecule has 0 aliphatic heterocycles. The fourth-order valence-electron chi connectivity index (χ4n) is 5.62. The summed E-state index contributed by atoms with van der Waals surface area (Å²) in [6.07, 6.45) is 6.70. The molecule has 1 aromatic carbocycles. The van der Waals surface area contributed by atoms with Crippen LogP contribution in [0, 0.1) is 11.7 Å². The first kappa shape index (κ1) is 28.5. The van der Waals surface area contributed by atoms with Crippen LogP contribution in [0.4, 0.5) is 4.39 Å². The van der Waals surface area contributed by atoms with Crippen molar-refractivity contribution < 1.29 is 14.0 Å². The van der Waals surface area contributed by atoms with E-state index in [-0.39, 0.29) is 34.8 Å². The van der Waals surface area contributed by atoms with Gasteiger partial charge in [-0.25, -0.2) is 14.2 Å². The molecule has 0 radical (unpaired) electrons. The monoisotopic (exact) mass is 578 g/mol. The largest absolute Gasteiger partial charge is 0.351 e. The Balaban J connectivity index is 1.37. The number of aryl methyl sites for hydroxylation is 1. The number of aromatic nitrogens is 4. The number of amides is 2. The number of hydrogen-bond acceptors (Lipinski definition) is 5. The molecule has 1 aliphatic rings. The van der Waals surface area contributed by atoms with Crippen molar-refractivity contribution in [1.82, 2.24) is 29.7 Å². The van der Waals surface area contributed by atoms with Gasteiger partial charge in [-0.15, -0.1) is 0 Å². The summed E-state index contributed by atoms with van der Waals surface area (Å²) in [5.41, 5.74) is 1.61. The Bertz CT molecular complexity index is 1660. The SMILES string of the molecule is CCNC(=O)c1ncccc1-n1c(=O)n(CC2CCC(NC(=O)c3cc(Cl)cnc3CC)CC2)c2cccc(F)c21. The zero-order valence-corrected chi connectivity index (χ0v) is 23.7. The summed E-state index contributed by atoms with van der Waals surface area (Å²) >= 11 is 6.08. The van der Waals surface area contributed by atoms with E-state index in [1.165, 1.54) is 16.8 Å². The van der Waals surface area contributed by atoms with E-state index in [0.717, 1.165) is 25.7 Å². The molecule has 1 aliphatic carbocycles. The van der Waals surface area contributed by atoms with Crippen LogP contribution in [0.2, 0.25) is 5.02 Å². The summed E-state index contributed by atoms with van der Waals surface area (Å²) in [4.78, 5) is 48.0. The molecule has 11 heteroatoms. The van der Waals surface area contributed by atoms with Crippen LogP contribution in [0.25, 0.3) is 16.7 Å². The second-order valence-corrected chi connectivity index (χ2v) is 10.7. The van der Waals surface area contributed by atoms with Crippen LogP contribution in [0.5, 0.6) is 0 Å². The van der Waals surface area contributed by atoms with E-state index in [0.29, 0.717) is 41.3 Å². The standard InChI is InChI=1S/C30H32ClFN6O3/c1-3-23-21(15-19(31)16-35-23)28(39)36-20-12-10-18(11-13-20)17-37-25-8-5-7-22(32)27(25)38(30(37)41)24-9-6-14-34-26(24)29(40)33-4-2/h5-9,14-16,18,20H,3-4,10-13,17H2,1-2H3,(H,33,40)(H,36,39). The number of halogens is 2. The first-order valence-corrected chi connectivity index (χ1v) is 14.3. The van der Waals surface area contributed by atoms with Gasteiger partial charge in [0.15, 0.2) is 5.69 Å². The maximum Gasteiger partial charge on any atom is 0.333 e. The zero-order chi connectivity index (χ0) is 29.1. The summed E-state index contributed by atoms with van der Waals surface area (Å²) < 4.78 is 18.1. The smallest absolute Gasteiger partial charge is 0.333 e. The lowest BCUT2D eigenvalue weighted by atomic mass is 9.85. The van der Waals surface area contributed by atoms with E-state index in [4.69, 9.17) is 11.6 Å². The summed E-state index contributed by atoms with van der Waals surface area (Å²) in [6, 6.07) is 9.46. The molecular weight excluding hydrogens is 547 g/mol. The van der Waals surface area contributed by atoms with Crippen molar-refractivity contribution in [2.75, 3.05) is 6.54 Å². The van der Waals surface area contributed by atoms with E-state index in [1.807, 2.05) is 6.92 Å². The number of benzene rings is 1. The van der Waals surface area contributed by atoms with Crippen LogP contribution >= 0.6 is 11.6 Å². The maximum atomic E-state index is 15.2. The topological polar surface area (TPSA) is 111 Å². The van der Waals surface area contributed by atoms with Gasteiger partial charge >= 0.3 is 5.69 Å². The van der Waals surface area contributed by atoms with Crippen molar-refractivity contribution >= 4 is 34.4 Å². The molecule has 5 rings (SSSR count). The minimum absolute atomic E-state index is 0.00650. The third-order valence-corrected chi connectivity index (χ3v) is 7.83. The average Bonchev–Trinajstić information content (AvgIpc) is 3.26. The number of para-hydroxylation sites is 1. The molecule has 0 unspecified atom stereocenters. The van der Waals surface area contributed by atoms with Gasteiger partial charge in [0.25, 0.3) is 11.8 Å². The van der Waals surface area contributed by atoms with E-state index in [1.54, 1.807) is 48.0 Å². The molecule has 41 heavy (non-hydrogen) atoms. The first-order valence-electron chi connectivity index (χ1n) is 13.9. The molecule has 1 saturated carbocycles. The quantitative estimate of drug-likeness (QED) is 0.315. The Kier molecular flexibility index (Phi) is 8.49. The van der Waals surface area contributed by atoms with Crippen LogP contribution in [0.3, 0.4) is 0 Å². The van der Waals surface area contributed by atoms with Gasteiger partial charge in [-0.3, -0.25) is 23.7 Å². The molecule has 3 aromatic heterocycles. The molecule has 0 spiro atoms. The molecule has 2 amide bonds. The molecule has 2 N–H and O–H groups in total. The van der Waals surface area contributed by atoms with Gasteiger partial charge in [0.1, 0.15) is 11.3 Å². The normalized spacial score (nSPS) is 17.0. The van der Waals surface area contributed by atoms with Gasteiger partial charge in [-0.1, -0.05) is 24.6 Å². The molecule has 3 heterocycles. The minimum atomic E-state index is -0.558. The molecule has 9 nitrogen and oxygen atoms in total. The lowest BCUT2D eigenvalue weighted by Crippen LogP contribution is -2.39. The van der Waals surface area contributed by atoms with Gasteiger partial charge in [0, 0.05) is 31.5 Å². The highest BCUT2D eigenvalue weighted by molar-refractivity contribution is 6.30. The minimum Gasteiger partial charge on any atom is -0.351 e. The number of fused-ring (bicyclic) bond motifs is 1. The third kappa shape index (κ3) is 5.74. The van der Waals surface area contributed by atoms with E-state index >= 15 is 4.39 Å². The van der Waals surface area contributed by atoms with E-state index < -0.39 is 17.4 Å². The van der Waals surface area contributed by atoms with Crippen LogP contribution in [0.1, 0.15) is 66.1 Å². The highest BCUT2D eigenvalue weighted by Gasteiger charge is 2.27. The number of carbonyl (C=O) groups is 2. The molecular formula is C30H32ClFN6O3. The molecule has 214 valence electrons. The molecule has 1 fully saturated rings. The van der Waals surface area contributed by atoms with Crippen molar-refractivity contribution in [3.8, 4) is 5.69 Å². The summed E-state index contributed by atoms with van der Waals surface area (Å²) in [6.45, 7) is 4.51. The summed E-state index contributed by atoms with van der Waals surface area (Å²) in [5.74, 6) is -1.03. The van der Waals surface area contributed by atoms with Crippen molar-refractivity contribution in [3.05, 3.63) is 87.1 Å². The fourth-order valence-corrected chi connectivity index (χ4v) is 5.77. The van der Waals surface area contributed by atoms with Crippen LogP contribution in [-0.2, 0) is 13.0 Å². The summed E-state index contributed by atoms with van der Waals surface area (Å²) in [7, 11) is 0. The number of imidazole rings is 1. The van der Waals surface area contributed by atoms with Crippen LogP contribution < -0.4 is 16.3 Å². The number of nitrogens with one attached hydrogen (secondary N) is 2. The Morgan fingerprint density at radius 1 is 1.07 bits per heavy atom. The Hall–Kier alpha value is -4.05. The summed E-state index contributed by atoms with van der Waals surface area (Å²) in [5, 5.41) is 6.24. The van der Waals surface area contributed by atoms with Gasteiger partial charge in [0.2, 0.25) is 0 Å². The maximum absolute atomic E-state index is 15.2. The number of rotatable bonds is 8. The highest BCUT2D eigenvalue weighted by atomic mass is 35.5. The average molecular weight is 579 g/mol. The Morgan fingerprint density at radius 2 is 1.85 bits per heavy atom. The number of pyridine rings is 2. The van der Waals surface area contributed by atoms with Crippen molar-refractivity contribution in [1.29, 1.82) is 0 Å². The van der Waals surface area contributed by atoms with Gasteiger partial charge in [-0.2, -0.15) is 0 Å². The van der Waals surface area contributed by atoms with E-state index in [9.17, 15) is 14.4 Å². The highest BCUT2D eigenvalue weighted by Crippen LogP contribution is 2.29. The van der Waals surface area contributed by atoms with Gasteiger partial charge in [-0.05, 0) is 75.3 Å². The van der Waals surface area contributed by atoms with E-state index in [2.05, 4.69) is 20.6 Å².